The summed E-state index contributed by atoms with van der Waals surface area (Å²) in [5.74, 6) is -1.32. The van der Waals surface area contributed by atoms with Gasteiger partial charge in [0.1, 0.15) is 0 Å². The Bertz CT molecular complexity index is 281. The number of carbonyl (C=O) groups is 1. The number of esters is 1. The molecule has 0 fully saturated rings. The Labute approximate surface area is 96.7 Å². The summed E-state index contributed by atoms with van der Waals surface area (Å²) in [4.78, 5) is 10.7. The van der Waals surface area contributed by atoms with Gasteiger partial charge in [0.25, 0.3) is 5.97 Å². The third-order valence-electron chi connectivity index (χ3n) is 1.19. The number of rotatable bonds is 1. The fourth-order valence-electron chi connectivity index (χ4n) is 0.675. The van der Waals surface area contributed by atoms with Gasteiger partial charge in [-0.2, -0.15) is 0 Å². The van der Waals surface area contributed by atoms with Crippen LogP contribution in [0, 0.1) is 11.9 Å². The molecular weight excluding hydrogens is 339 g/mol. The topological polar surface area (TPSA) is 26.3 Å². The first kappa shape index (κ1) is 13.0. The Balaban J connectivity index is 0.000000671. The minimum absolute atomic E-state index is 0.157. The van der Waals surface area contributed by atoms with E-state index in [0.29, 0.717) is 0 Å². The second-order valence-corrected chi connectivity index (χ2v) is 1.88. The van der Waals surface area contributed by atoms with Crippen LogP contribution in [0.15, 0.2) is 18.2 Å². The van der Waals surface area contributed by atoms with Gasteiger partial charge in [0, 0.05) is 5.82 Å². The van der Waals surface area contributed by atoms with Gasteiger partial charge in [0.2, 0.25) is 0 Å². The number of methoxy groups -OCH3 is 1. The normalized spacial score (nSPS) is 8.38. The third kappa shape index (κ3) is 4.13. The standard InChI is InChI=1S/C8H6FO2.HI.Zn/c1-11-8(10)6-4-2-3-5-7(6)9;;/h2-3,5H,1H3;1H;/q-1;;+2/p-1. The first-order chi connectivity index (χ1) is 6.25. The van der Waals surface area contributed by atoms with Crippen molar-refractivity contribution in [1.82, 2.24) is 0 Å². The van der Waals surface area contributed by atoms with E-state index in [1.807, 2.05) is 0 Å². The fraction of sp³-hybridized carbons (Fsp3) is 0.125. The molecule has 0 heterocycles. The van der Waals surface area contributed by atoms with E-state index in [1.54, 1.807) is 0 Å². The van der Waals surface area contributed by atoms with Crippen LogP contribution >= 0.6 is 19.8 Å². The molecule has 0 saturated heterocycles. The van der Waals surface area contributed by atoms with Gasteiger partial charge in [-0.1, -0.05) is 0 Å². The van der Waals surface area contributed by atoms with Gasteiger partial charge < -0.3 is 9.53 Å². The summed E-state index contributed by atoms with van der Waals surface area (Å²) in [6.07, 6.45) is 0. The number of benzene rings is 1. The number of carbonyl (C=O) groups excluding carboxylic acids is 1. The molecule has 0 atom stereocenters. The molecule has 0 amide bonds. The molecule has 0 N–H and O–H groups in total. The van der Waals surface area contributed by atoms with Crippen LogP contribution in [-0.2, 0) is 19.5 Å². The summed E-state index contributed by atoms with van der Waals surface area (Å²) >= 11 is 3.62. The summed E-state index contributed by atoms with van der Waals surface area (Å²) in [7, 11) is 1.20. The van der Waals surface area contributed by atoms with Gasteiger partial charge in [-0.3, -0.25) is 4.39 Å². The molecule has 2 nitrogen and oxygen atoms in total. The van der Waals surface area contributed by atoms with Crippen LogP contribution in [0.5, 0.6) is 0 Å². The molecule has 0 bridgehead atoms. The molecule has 0 spiro atoms. The molecule has 1 rings (SSSR count). The van der Waals surface area contributed by atoms with Crippen LogP contribution in [0.1, 0.15) is 10.4 Å². The van der Waals surface area contributed by atoms with Crippen molar-refractivity contribution in [1.29, 1.82) is 0 Å². The van der Waals surface area contributed by atoms with Crippen molar-refractivity contribution in [2.45, 2.75) is 0 Å². The molecule has 0 saturated carbocycles. The second kappa shape index (κ2) is 7.38. The zero-order valence-electron chi connectivity index (χ0n) is 7.01. The molecule has 1 aromatic rings. The molecular formula is C8H6FIO2Zn. The Morgan fingerprint density at radius 2 is 2.31 bits per heavy atom. The maximum atomic E-state index is 12.7. The minimum atomic E-state index is -0.705. The van der Waals surface area contributed by atoms with Gasteiger partial charge >= 0.3 is 34.5 Å². The summed E-state index contributed by atoms with van der Waals surface area (Å²) in [6, 6.07) is 6.53. The van der Waals surface area contributed by atoms with Crippen LogP contribution in [0.25, 0.3) is 0 Å². The van der Waals surface area contributed by atoms with Crippen LogP contribution in [0.4, 0.5) is 4.39 Å². The van der Waals surface area contributed by atoms with Crippen molar-refractivity contribution >= 4 is 25.7 Å². The van der Waals surface area contributed by atoms with E-state index >= 15 is 0 Å². The average molecular weight is 345 g/mol. The first-order valence-corrected chi connectivity index (χ1v) is 12.3. The zero-order valence-corrected chi connectivity index (χ0v) is 12.1. The summed E-state index contributed by atoms with van der Waals surface area (Å²) in [5.41, 5.74) is -0.157. The SMILES string of the molecule is COC(=O)c1[c-]cccc1F.[Zn+][I]. The van der Waals surface area contributed by atoms with E-state index in [0.717, 1.165) is 0 Å². The summed E-state index contributed by atoms with van der Waals surface area (Å²) < 4.78 is 17.0. The molecule has 66 valence electrons. The van der Waals surface area contributed by atoms with Crippen molar-refractivity contribution in [3.8, 4) is 0 Å². The van der Waals surface area contributed by atoms with Gasteiger partial charge in [-0.25, -0.2) is 0 Å². The second-order valence-electron chi connectivity index (χ2n) is 1.88. The molecule has 5 heteroatoms. The Morgan fingerprint density at radius 1 is 1.69 bits per heavy atom. The number of halogens is 2. The zero-order chi connectivity index (χ0) is 10.3. The monoisotopic (exact) mass is 344 g/mol. The quantitative estimate of drug-likeness (QED) is 0.338. The number of ether oxygens (including phenoxy) is 1. The van der Waals surface area contributed by atoms with Crippen molar-refractivity contribution in [2.75, 3.05) is 7.11 Å². The van der Waals surface area contributed by atoms with Crippen LogP contribution in [-0.4, -0.2) is 13.1 Å². The van der Waals surface area contributed by atoms with Gasteiger partial charge in [-0.05, 0) is 5.56 Å². The van der Waals surface area contributed by atoms with Crippen LogP contribution < -0.4 is 0 Å². The molecule has 0 radical (unpaired) electrons. The predicted molar refractivity (Wildman–Crippen MR) is 50.6 cm³/mol. The van der Waals surface area contributed by atoms with E-state index < -0.39 is 11.8 Å². The molecule has 0 aromatic heterocycles. The Morgan fingerprint density at radius 3 is 2.77 bits per heavy atom. The average Bonchev–Trinajstić information content (AvgIpc) is 2.20. The molecule has 0 aliphatic carbocycles. The predicted octanol–water partition coefficient (Wildman–Crippen LogP) is 2.30. The molecule has 0 aliphatic heterocycles. The van der Waals surface area contributed by atoms with Crippen molar-refractivity contribution in [3.05, 3.63) is 35.6 Å². The van der Waals surface area contributed by atoms with Crippen molar-refractivity contribution < 1.29 is 28.7 Å². The summed E-state index contributed by atoms with van der Waals surface area (Å²) in [6.45, 7) is 0. The van der Waals surface area contributed by atoms with E-state index in [1.165, 1.54) is 40.1 Å². The molecule has 1 aromatic carbocycles. The van der Waals surface area contributed by atoms with Crippen molar-refractivity contribution in [2.24, 2.45) is 0 Å². The van der Waals surface area contributed by atoms with Crippen LogP contribution in [0.2, 0.25) is 0 Å². The van der Waals surface area contributed by atoms with E-state index in [9.17, 15) is 9.18 Å². The van der Waals surface area contributed by atoms with E-state index in [-0.39, 0.29) is 5.56 Å². The number of hydrogen-bond donors (Lipinski definition) is 0. The molecule has 13 heavy (non-hydrogen) atoms. The maximum absolute atomic E-state index is 12.7. The van der Waals surface area contributed by atoms with Gasteiger partial charge in [0.15, 0.2) is 0 Å². The van der Waals surface area contributed by atoms with Crippen molar-refractivity contribution in [3.63, 3.8) is 0 Å². The first-order valence-electron chi connectivity index (χ1n) is 3.27. The molecule has 0 unspecified atom stereocenters. The van der Waals surface area contributed by atoms with Crippen LogP contribution in [0.3, 0.4) is 0 Å². The van der Waals surface area contributed by atoms with E-state index in [4.69, 9.17) is 0 Å². The number of hydrogen-bond acceptors (Lipinski definition) is 2. The van der Waals surface area contributed by atoms with Gasteiger partial charge in [-0.15, -0.1) is 24.3 Å². The van der Waals surface area contributed by atoms with E-state index in [2.05, 4.69) is 30.6 Å². The third-order valence-corrected chi connectivity index (χ3v) is 1.19. The molecule has 0 aliphatic rings. The Hall–Kier alpha value is -0.0266. The fourth-order valence-corrected chi connectivity index (χ4v) is 0.675. The summed E-state index contributed by atoms with van der Waals surface area (Å²) in [5, 5.41) is 0. The Kier molecular flexibility index (Phi) is 7.37. The van der Waals surface area contributed by atoms with Gasteiger partial charge in [0.05, 0.1) is 7.11 Å².